The van der Waals surface area contributed by atoms with Gasteiger partial charge in [-0.25, -0.2) is 23.1 Å². The number of nitriles is 1. The summed E-state index contributed by atoms with van der Waals surface area (Å²) in [4.78, 5) is 25.2. The zero-order valence-corrected chi connectivity index (χ0v) is 19.1. The largest absolute Gasteiger partial charge is 0.353 e. The molecule has 0 radical (unpaired) electrons. The second-order valence-corrected chi connectivity index (χ2v) is 8.80. The Morgan fingerprint density at radius 2 is 1.88 bits per heavy atom. The molecule has 3 aromatic rings. The molecular weight excluding hydrogens is 443 g/mol. The van der Waals surface area contributed by atoms with Crippen LogP contribution in [0.25, 0.3) is 22.3 Å². The number of rotatable bonds is 5. The van der Waals surface area contributed by atoms with Crippen molar-refractivity contribution in [2.75, 3.05) is 24.5 Å². The van der Waals surface area contributed by atoms with Crippen LogP contribution in [0.3, 0.4) is 0 Å². The molecule has 2 heterocycles. The van der Waals surface area contributed by atoms with Crippen LogP contribution in [0.5, 0.6) is 0 Å². The third-order valence-electron chi connectivity index (χ3n) is 5.97. The normalized spacial score (nSPS) is 16.0. The third kappa shape index (κ3) is 4.40. The Labute approximate surface area is 195 Å². The average molecular weight is 467 g/mol. The Hall–Kier alpha value is -3.67. The summed E-state index contributed by atoms with van der Waals surface area (Å²) in [6.45, 7) is 5.54. The number of hydrogen-bond donors (Lipinski definition) is 0. The van der Waals surface area contributed by atoms with E-state index in [2.05, 4.69) is 16.0 Å². The minimum atomic E-state index is -1.99. The molecule has 176 valence electrons. The van der Waals surface area contributed by atoms with Crippen molar-refractivity contribution in [1.82, 2.24) is 14.9 Å². The topological polar surface area (TPSA) is 73.1 Å². The van der Waals surface area contributed by atoms with Crippen LogP contribution in [0.2, 0.25) is 0 Å². The van der Waals surface area contributed by atoms with E-state index in [1.54, 1.807) is 31.2 Å². The third-order valence-corrected chi connectivity index (χ3v) is 5.97. The molecule has 4 rings (SSSR count). The summed E-state index contributed by atoms with van der Waals surface area (Å²) in [7, 11) is 0. The molecule has 1 aliphatic rings. The summed E-state index contributed by atoms with van der Waals surface area (Å²) >= 11 is 0. The van der Waals surface area contributed by atoms with Crippen LogP contribution in [-0.2, 0) is 4.79 Å². The van der Waals surface area contributed by atoms with Crippen LogP contribution in [0.1, 0.15) is 32.8 Å². The number of hydrogen-bond acceptors (Lipinski definition) is 5. The van der Waals surface area contributed by atoms with E-state index in [1.807, 2.05) is 4.90 Å². The molecule has 0 saturated carbocycles. The summed E-state index contributed by atoms with van der Waals surface area (Å²) in [6, 6.07) is 10.6. The summed E-state index contributed by atoms with van der Waals surface area (Å²) in [6.07, 6.45) is 0.588. The van der Waals surface area contributed by atoms with Crippen LogP contribution in [0.4, 0.5) is 19.0 Å². The molecule has 0 bridgehead atoms. The average Bonchev–Trinajstić information content (AvgIpc) is 3.28. The molecule has 6 nitrogen and oxygen atoms in total. The van der Waals surface area contributed by atoms with Gasteiger partial charge >= 0.3 is 0 Å². The van der Waals surface area contributed by atoms with Gasteiger partial charge in [-0.15, -0.1) is 0 Å². The molecular formula is C25H24F3N5O. The Balaban J connectivity index is 1.79. The molecule has 0 aliphatic carbocycles. The van der Waals surface area contributed by atoms with Gasteiger partial charge in [0.05, 0.1) is 28.7 Å². The quantitative estimate of drug-likeness (QED) is 0.548. The van der Waals surface area contributed by atoms with E-state index in [-0.39, 0.29) is 17.1 Å². The first kappa shape index (κ1) is 23.5. The van der Waals surface area contributed by atoms with E-state index < -0.39 is 23.2 Å². The van der Waals surface area contributed by atoms with E-state index in [0.717, 1.165) is 12.1 Å². The number of amides is 1. The lowest BCUT2D eigenvalue weighted by Crippen LogP contribution is -2.49. The zero-order valence-electron chi connectivity index (χ0n) is 19.1. The van der Waals surface area contributed by atoms with Crippen LogP contribution >= 0.6 is 0 Å². The molecule has 2 aromatic carbocycles. The van der Waals surface area contributed by atoms with Crippen molar-refractivity contribution in [3.05, 3.63) is 53.6 Å². The summed E-state index contributed by atoms with van der Waals surface area (Å²) in [5, 5.41) is 9.31. The number of anilines is 1. The van der Waals surface area contributed by atoms with Crippen molar-refractivity contribution in [3.63, 3.8) is 0 Å². The maximum Gasteiger partial charge on any atom is 0.259 e. The van der Waals surface area contributed by atoms with Gasteiger partial charge < -0.3 is 9.80 Å². The van der Waals surface area contributed by atoms with Gasteiger partial charge in [0.25, 0.3) is 5.91 Å². The van der Waals surface area contributed by atoms with Crippen LogP contribution in [0.15, 0.2) is 36.4 Å². The highest BCUT2D eigenvalue weighted by molar-refractivity contribution is 5.86. The fourth-order valence-electron chi connectivity index (χ4n) is 4.29. The van der Waals surface area contributed by atoms with E-state index >= 15 is 0 Å². The standard InChI is InChI=1S/C25H24F3N5O/c1-4-33(24(34)25(2,3)28)17-8-9-32(14-17)23-22(16-7-5-6-15(10-16)13-29)30-20-11-18(26)19(27)12-21(20)31-23/h5-7,10-12,17H,4,8-9,14H2,1-3H3/t17-/m0/s1. The minimum Gasteiger partial charge on any atom is -0.353 e. The van der Waals surface area contributed by atoms with Gasteiger partial charge in [-0.1, -0.05) is 12.1 Å². The number of halogens is 3. The molecule has 1 saturated heterocycles. The number of carbonyl (C=O) groups excluding carboxylic acids is 1. The fourth-order valence-corrected chi connectivity index (χ4v) is 4.29. The van der Waals surface area contributed by atoms with Crippen molar-refractivity contribution in [1.29, 1.82) is 5.26 Å². The van der Waals surface area contributed by atoms with E-state index in [1.165, 1.54) is 18.7 Å². The van der Waals surface area contributed by atoms with Gasteiger partial charge in [0.15, 0.2) is 23.1 Å². The molecule has 0 unspecified atom stereocenters. The lowest BCUT2D eigenvalue weighted by Gasteiger charge is -2.31. The highest BCUT2D eigenvalue weighted by Gasteiger charge is 2.38. The number of nitrogens with zero attached hydrogens (tertiary/aromatic N) is 5. The number of fused-ring (bicyclic) bond motifs is 1. The Bertz CT molecular complexity index is 1300. The molecule has 1 aliphatic heterocycles. The van der Waals surface area contributed by atoms with Crippen LogP contribution in [0, 0.1) is 23.0 Å². The van der Waals surface area contributed by atoms with Crippen molar-refractivity contribution in [2.45, 2.75) is 38.9 Å². The number of aromatic nitrogens is 2. The van der Waals surface area contributed by atoms with Crippen LogP contribution < -0.4 is 4.90 Å². The molecule has 1 atom stereocenters. The van der Waals surface area contributed by atoms with E-state index in [4.69, 9.17) is 0 Å². The highest BCUT2D eigenvalue weighted by atomic mass is 19.2. The summed E-state index contributed by atoms with van der Waals surface area (Å²) in [5.74, 6) is -2.21. The van der Waals surface area contributed by atoms with Crippen LogP contribution in [-0.4, -0.2) is 52.1 Å². The Morgan fingerprint density at radius 1 is 1.21 bits per heavy atom. The predicted molar refractivity (Wildman–Crippen MR) is 123 cm³/mol. The second kappa shape index (κ2) is 8.93. The van der Waals surface area contributed by atoms with Gasteiger partial charge in [-0.05, 0) is 39.3 Å². The van der Waals surface area contributed by atoms with Gasteiger partial charge in [0.1, 0.15) is 5.69 Å². The fraction of sp³-hybridized carbons (Fsp3) is 0.360. The first-order chi connectivity index (χ1) is 16.1. The van der Waals surface area contributed by atoms with E-state index in [9.17, 15) is 23.2 Å². The Kier molecular flexibility index (Phi) is 6.17. The zero-order chi connectivity index (χ0) is 24.6. The first-order valence-corrected chi connectivity index (χ1v) is 11.0. The number of likely N-dealkylation sites (N-methyl/N-ethyl adjacent to an activating group) is 1. The highest BCUT2D eigenvalue weighted by Crippen LogP contribution is 2.34. The molecule has 1 aromatic heterocycles. The number of carbonyl (C=O) groups is 1. The molecule has 34 heavy (non-hydrogen) atoms. The molecule has 0 N–H and O–H groups in total. The van der Waals surface area contributed by atoms with Crippen molar-refractivity contribution >= 4 is 22.8 Å². The summed E-state index contributed by atoms with van der Waals surface area (Å²) < 4.78 is 42.2. The lowest BCUT2D eigenvalue weighted by atomic mass is 10.1. The monoisotopic (exact) mass is 467 g/mol. The smallest absolute Gasteiger partial charge is 0.259 e. The molecule has 1 amide bonds. The lowest BCUT2D eigenvalue weighted by molar-refractivity contribution is -0.143. The maximum absolute atomic E-state index is 14.4. The molecule has 9 heteroatoms. The SMILES string of the molecule is CCN(C(=O)C(C)(C)F)[C@H]1CCN(c2nc3cc(F)c(F)cc3nc2-c2cccc(C#N)c2)C1. The number of benzene rings is 2. The van der Waals surface area contributed by atoms with Gasteiger partial charge in [-0.2, -0.15) is 5.26 Å². The van der Waals surface area contributed by atoms with Crippen molar-refractivity contribution < 1.29 is 18.0 Å². The number of alkyl halides is 1. The van der Waals surface area contributed by atoms with Gasteiger partial charge in [0.2, 0.25) is 0 Å². The van der Waals surface area contributed by atoms with E-state index in [0.29, 0.717) is 48.7 Å². The van der Waals surface area contributed by atoms with Crippen molar-refractivity contribution in [2.24, 2.45) is 0 Å². The minimum absolute atomic E-state index is 0.181. The van der Waals surface area contributed by atoms with Gasteiger partial charge in [0, 0.05) is 37.3 Å². The molecule has 0 spiro atoms. The predicted octanol–water partition coefficient (Wildman–Crippen LogP) is 4.62. The first-order valence-electron chi connectivity index (χ1n) is 11.0. The second-order valence-electron chi connectivity index (χ2n) is 8.80. The molecule has 1 fully saturated rings. The van der Waals surface area contributed by atoms with Crippen molar-refractivity contribution in [3.8, 4) is 17.3 Å². The van der Waals surface area contributed by atoms with Gasteiger partial charge in [-0.3, -0.25) is 4.79 Å². The Morgan fingerprint density at radius 3 is 2.50 bits per heavy atom. The maximum atomic E-state index is 14.4. The summed E-state index contributed by atoms with van der Waals surface area (Å²) in [5.41, 5.74) is -0.188.